The highest BCUT2D eigenvalue weighted by molar-refractivity contribution is 14.1. The molecule has 0 bridgehead atoms. The van der Waals surface area contributed by atoms with Gasteiger partial charge in [0, 0.05) is 28.9 Å². The summed E-state index contributed by atoms with van der Waals surface area (Å²) in [6, 6.07) is 8.61. The Bertz CT molecular complexity index is 1010. The summed E-state index contributed by atoms with van der Waals surface area (Å²) in [5.74, 6) is 0.193. The van der Waals surface area contributed by atoms with E-state index in [0.717, 1.165) is 34.2 Å². The van der Waals surface area contributed by atoms with Crippen LogP contribution in [0.4, 0.5) is 10.1 Å². The van der Waals surface area contributed by atoms with Crippen LogP contribution in [0.1, 0.15) is 67.9 Å². The highest BCUT2D eigenvalue weighted by Gasteiger charge is 2.36. The number of halogens is 2. The molecule has 1 aliphatic heterocycles. The number of nitrogens with one attached hydrogen (secondary N) is 1. The van der Waals surface area contributed by atoms with Gasteiger partial charge in [0.2, 0.25) is 0 Å². The van der Waals surface area contributed by atoms with Gasteiger partial charge >= 0.3 is 0 Å². The van der Waals surface area contributed by atoms with E-state index in [-0.39, 0.29) is 17.3 Å². The van der Waals surface area contributed by atoms with Crippen LogP contribution >= 0.6 is 22.6 Å². The van der Waals surface area contributed by atoms with Gasteiger partial charge < -0.3 is 9.64 Å². The number of hydrogen-bond acceptors (Lipinski definition) is 4. The van der Waals surface area contributed by atoms with Crippen molar-refractivity contribution in [1.29, 1.82) is 0 Å². The lowest BCUT2D eigenvalue weighted by Gasteiger charge is -2.47. The van der Waals surface area contributed by atoms with Gasteiger partial charge in [0.1, 0.15) is 11.6 Å². The van der Waals surface area contributed by atoms with E-state index in [1.54, 1.807) is 31.4 Å². The number of nitrogens with zero attached hydrogens (tertiary/aromatic N) is 2. The zero-order chi connectivity index (χ0) is 22.8. The Balaban J connectivity index is 1.82. The van der Waals surface area contributed by atoms with Gasteiger partial charge in [0.15, 0.2) is 0 Å². The van der Waals surface area contributed by atoms with E-state index in [1.165, 1.54) is 6.21 Å². The average molecular weight is 537 g/mol. The van der Waals surface area contributed by atoms with Crippen LogP contribution in [0.5, 0.6) is 5.75 Å². The number of carbonyl (C=O) groups excluding carboxylic acids is 1. The third-order valence-electron chi connectivity index (χ3n) is 5.73. The summed E-state index contributed by atoms with van der Waals surface area (Å²) in [5.41, 5.74) is 5.31. The van der Waals surface area contributed by atoms with Crippen molar-refractivity contribution in [3.63, 3.8) is 0 Å². The van der Waals surface area contributed by atoms with E-state index in [4.69, 9.17) is 4.74 Å². The van der Waals surface area contributed by atoms with Gasteiger partial charge in [0.25, 0.3) is 5.91 Å². The molecule has 0 saturated heterocycles. The zero-order valence-corrected chi connectivity index (χ0v) is 20.8. The van der Waals surface area contributed by atoms with Crippen molar-refractivity contribution in [2.75, 3.05) is 18.6 Å². The number of fused-ring (bicyclic) bond motifs is 1. The molecule has 2 aromatic carbocycles. The molecule has 0 spiro atoms. The first-order chi connectivity index (χ1) is 14.7. The number of hydrazone groups is 1. The molecule has 0 aromatic heterocycles. The van der Waals surface area contributed by atoms with Crippen LogP contribution in [0, 0.1) is 9.39 Å². The van der Waals surface area contributed by atoms with Crippen LogP contribution in [-0.4, -0.2) is 31.3 Å². The number of benzene rings is 2. The standard InChI is InChI=1S/C24H29FIN3O2/c1-6-9-29-21-12-19(25)17(10-18(21)15(2)13-24(29,3)4)14-27-28-23(30)16-7-8-20(26)22(11-16)31-5/h7-8,10-12,14-15H,6,9,13H2,1-5H3,(H,28,30)/b27-14+. The third kappa shape index (κ3) is 5.02. The molecule has 1 heterocycles. The molecular weight excluding hydrogens is 508 g/mol. The van der Waals surface area contributed by atoms with E-state index in [1.807, 2.05) is 6.07 Å². The molecule has 1 amide bonds. The summed E-state index contributed by atoms with van der Waals surface area (Å²) in [5, 5.41) is 3.99. The number of carbonyl (C=O) groups is 1. The molecule has 7 heteroatoms. The summed E-state index contributed by atoms with van der Waals surface area (Å²) in [7, 11) is 1.56. The maximum atomic E-state index is 14.9. The van der Waals surface area contributed by atoms with E-state index in [0.29, 0.717) is 22.8 Å². The molecule has 2 aromatic rings. The normalized spacial score (nSPS) is 17.5. The second kappa shape index (κ2) is 9.54. The lowest BCUT2D eigenvalue weighted by Crippen LogP contribution is -2.48. The van der Waals surface area contributed by atoms with Crippen LogP contribution in [0.2, 0.25) is 0 Å². The molecule has 1 unspecified atom stereocenters. The SMILES string of the molecule is CCCN1c2cc(F)c(/C=N/NC(=O)c3ccc(I)c(OC)c3)cc2C(C)CC1(C)C. The number of hydrogen-bond donors (Lipinski definition) is 1. The highest BCUT2D eigenvalue weighted by Crippen LogP contribution is 2.44. The Morgan fingerprint density at radius 3 is 2.81 bits per heavy atom. The van der Waals surface area contributed by atoms with Crippen molar-refractivity contribution in [1.82, 2.24) is 5.43 Å². The van der Waals surface area contributed by atoms with Crippen LogP contribution < -0.4 is 15.1 Å². The van der Waals surface area contributed by atoms with Gasteiger partial charge in [-0.3, -0.25) is 4.79 Å². The molecule has 3 rings (SSSR count). The average Bonchev–Trinajstić information content (AvgIpc) is 2.71. The van der Waals surface area contributed by atoms with Crippen LogP contribution in [0.25, 0.3) is 0 Å². The van der Waals surface area contributed by atoms with Crippen LogP contribution in [0.15, 0.2) is 35.4 Å². The quantitative estimate of drug-likeness (QED) is 0.292. The monoisotopic (exact) mass is 537 g/mol. The number of anilines is 1. The van der Waals surface area contributed by atoms with Crippen LogP contribution in [-0.2, 0) is 0 Å². The molecule has 0 aliphatic carbocycles. The second-order valence-corrected chi connectivity index (χ2v) is 9.71. The Hall–Kier alpha value is -2.16. The van der Waals surface area contributed by atoms with E-state index in [9.17, 15) is 9.18 Å². The lowest BCUT2D eigenvalue weighted by molar-refractivity contribution is 0.0954. The predicted molar refractivity (Wildman–Crippen MR) is 132 cm³/mol. The number of methoxy groups -OCH3 is 1. The second-order valence-electron chi connectivity index (χ2n) is 8.55. The fourth-order valence-electron chi connectivity index (χ4n) is 4.29. The summed E-state index contributed by atoms with van der Waals surface area (Å²) in [4.78, 5) is 14.7. The molecule has 1 aliphatic rings. The molecular formula is C24H29FIN3O2. The maximum Gasteiger partial charge on any atom is 0.271 e. The first-order valence-corrected chi connectivity index (χ1v) is 11.5. The van der Waals surface area contributed by atoms with E-state index >= 15 is 0 Å². The first kappa shape index (κ1) is 23.5. The predicted octanol–water partition coefficient (Wildman–Crippen LogP) is 5.71. The Labute approximate surface area is 197 Å². The number of amides is 1. The van der Waals surface area contributed by atoms with E-state index < -0.39 is 0 Å². The highest BCUT2D eigenvalue weighted by atomic mass is 127. The van der Waals surface area contributed by atoms with Crippen molar-refractivity contribution in [3.05, 3.63) is 56.4 Å². The summed E-state index contributed by atoms with van der Waals surface area (Å²) >= 11 is 2.14. The number of rotatable bonds is 6. The van der Waals surface area contributed by atoms with Gasteiger partial charge in [-0.15, -0.1) is 0 Å². The topological polar surface area (TPSA) is 53.9 Å². The van der Waals surface area contributed by atoms with Crippen molar-refractivity contribution in [2.45, 2.75) is 52.0 Å². The maximum absolute atomic E-state index is 14.9. The smallest absolute Gasteiger partial charge is 0.271 e. The fourth-order valence-corrected chi connectivity index (χ4v) is 4.85. The first-order valence-electron chi connectivity index (χ1n) is 10.5. The van der Waals surface area contributed by atoms with E-state index in [2.05, 4.69) is 65.7 Å². The third-order valence-corrected chi connectivity index (χ3v) is 6.63. The Morgan fingerprint density at radius 2 is 2.13 bits per heavy atom. The largest absolute Gasteiger partial charge is 0.496 e. The van der Waals surface area contributed by atoms with Gasteiger partial charge in [-0.2, -0.15) is 5.10 Å². The fraction of sp³-hybridized carbons (Fsp3) is 0.417. The van der Waals surface area contributed by atoms with Gasteiger partial charge in [-0.1, -0.05) is 13.8 Å². The minimum Gasteiger partial charge on any atom is -0.496 e. The lowest BCUT2D eigenvalue weighted by atomic mass is 9.79. The molecule has 166 valence electrons. The minimum atomic E-state index is -0.381. The van der Waals surface area contributed by atoms with Crippen molar-refractivity contribution < 1.29 is 13.9 Å². The van der Waals surface area contributed by atoms with Crippen LogP contribution in [0.3, 0.4) is 0 Å². The number of ether oxygens (including phenoxy) is 1. The molecule has 5 nitrogen and oxygen atoms in total. The van der Waals surface area contributed by atoms with Gasteiger partial charge in [0.05, 0.1) is 16.9 Å². The molecule has 0 radical (unpaired) electrons. The summed E-state index contributed by atoms with van der Waals surface area (Å²) in [6.45, 7) is 9.62. The summed E-state index contributed by atoms with van der Waals surface area (Å²) in [6.07, 6.45) is 3.36. The van der Waals surface area contributed by atoms with Gasteiger partial charge in [-0.25, -0.2) is 9.82 Å². The molecule has 31 heavy (non-hydrogen) atoms. The van der Waals surface area contributed by atoms with Crippen molar-refractivity contribution >= 4 is 40.4 Å². The molecule has 0 fully saturated rings. The molecule has 1 atom stereocenters. The molecule has 0 saturated carbocycles. The van der Waals surface area contributed by atoms with Crippen molar-refractivity contribution in [2.24, 2.45) is 5.10 Å². The summed E-state index contributed by atoms with van der Waals surface area (Å²) < 4.78 is 21.1. The Kier molecular flexibility index (Phi) is 7.24. The molecule has 1 N–H and O–H groups in total. The van der Waals surface area contributed by atoms with Gasteiger partial charge in [-0.05, 0) is 91.1 Å². The minimum absolute atomic E-state index is 0.0208. The van der Waals surface area contributed by atoms with Crippen molar-refractivity contribution in [3.8, 4) is 5.75 Å². The Morgan fingerprint density at radius 1 is 1.39 bits per heavy atom. The zero-order valence-electron chi connectivity index (χ0n) is 18.6.